The molecule has 5 saturated heterocycles. The SMILES string of the molecule is NC1NN2CC(F)CNC2C1C(=O)NC1CNCC(F)C1N1CCC(S(=O)(=O)N2CCC2)CC1. The van der Waals surface area contributed by atoms with Crippen molar-refractivity contribution in [3.8, 4) is 0 Å². The molecule has 7 atom stereocenters. The number of sulfonamides is 1. The highest BCUT2D eigenvalue weighted by Crippen LogP contribution is 2.28. The number of carbonyl (C=O) groups excluding carboxylic acids is 1. The molecule has 0 spiro atoms. The summed E-state index contributed by atoms with van der Waals surface area (Å²) in [6, 6.07) is -1.03. The van der Waals surface area contributed by atoms with Crippen LogP contribution in [-0.4, -0.2) is 123 Å². The maximum Gasteiger partial charge on any atom is 0.229 e. The van der Waals surface area contributed by atoms with Gasteiger partial charge in [-0.3, -0.25) is 15.0 Å². The van der Waals surface area contributed by atoms with Crippen LogP contribution < -0.4 is 27.1 Å². The van der Waals surface area contributed by atoms with Gasteiger partial charge in [0, 0.05) is 39.3 Å². The number of hydrazine groups is 1. The van der Waals surface area contributed by atoms with E-state index in [9.17, 15) is 17.6 Å². The van der Waals surface area contributed by atoms with Crippen LogP contribution in [0.4, 0.5) is 8.78 Å². The number of nitrogens with zero attached hydrogens (tertiary/aromatic N) is 3. The number of alkyl halides is 2. The van der Waals surface area contributed by atoms with Gasteiger partial charge in [-0.25, -0.2) is 31.9 Å². The lowest BCUT2D eigenvalue weighted by molar-refractivity contribution is -0.128. The van der Waals surface area contributed by atoms with Crippen molar-refractivity contribution in [2.24, 2.45) is 11.7 Å². The van der Waals surface area contributed by atoms with Gasteiger partial charge in [0.05, 0.1) is 35.6 Å². The second-order valence-corrected chi connectivity index (χ2v) is 12.3. The summed E-state index contributed by atoms with van der Waals surface area (Å²) < 4.78 is 55.9. The number of nitrogens with one attached hydrogen (secondary N) is 4. The second kappa shape index (κ2) is 9.81. The Morgan fingerprint density at radius 1 is 1.06 bits per heavy atom. The fourth-order valence-corrected chi connectivity index (χ4v) is 7.97. The highest BCUT2D eigenvalue weighted by atomic mass is 32.2. The van der Waals surface area contributed by atoms with Gasteiger partial charge in [-0.1, -0.05) is 0 Å². The third-order valence-corrected chi connectivity index (χ3v) is 10.3. The molecule has 0 aromatic rings. The Kier molecular flexibility index (Phi) is 7.12. The number of nitrogens with two attached hydrogens (primary N) is 1. The van der Waals surface area contributed by atoms with E-state index in [-0.39, 0.29) is 25.5 Å². The molecular formula is C20H36F2N8O3S. The molecule has 5 aliphatic rings. The smallest absolute Gasteiger partial charge is 0.229 e. The number of hydrogen-bond acceptors (Lipinski definition) is 9. The fourth-order valence-electron chi connectivity index (χ4n) is 5.97. The lowest BCUT2D eigenvalue weighted by atomic mass is 9.93. The molecule has 5 fully saturated rings. The summed E-state index contributed by atoms with van der Waals surface area (Å²) in [4.78, 5) is 15.2. The van der Waals surface area contributed by atoms with E-state index in [0.29, 0.717) is 45.6 Å². The van der Waals surface area contributed by atoms with E-state index in [2.05, 4.69) is 21.4 Å². The fraction of sp³-hybridized carbons (Fsp3) is 0.950. The van der Waals surface area contributed by atoms with Gasteiger partial charge < -0.3 is 16.4 Å². The summed E-state index contributed by atoms with van der Waals surface area (Å²) >= 11 is 0. The molecule has 194 valence electrons. The van der Waals surface area contributed by atoms with Gasteiger partial charge >= 0.3 is 0 Å². The number of fused-ring (bicyclic) bond motifs is 1. The van der Waals surface area contributed by atoms with Crippen LogP contribution in [0.2, 0.25) is 0 Å². The molecule has 34 heavy (non-hydrogen) atoms. The third-order valence-electron chi connectivity index (χ3n) is 7.93. The lowest BCUT2D eigenvalue weighted by Gasteiger charge is -2.46. The topological polar surface area (TPSA) is 135 Å². The van der Waals surface area contributed by atoms with E-state index >= 15 is 4.39 Å². The predicted octanol–water partition coefficient (Wildman–Crippen LogP) is -2.73. The van der Waals surface area contributed by atoms with E-state index in [4.69, 9.17) is 5.73 Å². The maximum atomic E-state index is 15.1. The van der Waals surface area contributed by atoms with E-state index in [0.717, 1.165) is 6.42 Å². The molecule has 11 nitrogen and oxygen atoms in total. The normalized spacial score (nSPS) is 41.1. The largest absolute Gasteiger partial charge is 0.350 e. The summed E-state index contributed by atoms with van der Waals surface area (Å²) in [7, 11) is -3.29. The summed E-state index contributed by atoms with van der Waals surface area (Å²) in [6.45, 7) is 3.00. The average molecular weight is 507 g/mol. The van der Waals surface area contributed by atoms with Gasteiger partial charge in [-0.05, 0) is 32.4 Å². The first-order valence-electron chi connectivity index (χ1n) is 12.3. The molecule has 0 aromatic carbocycles. The Morgan fingerprint density at radius 2 is 1.79 bits per heavy atom. The van der Waals surface area contributed by atoms with E-state index in [1.165, 1.54) is 0 Å². The van der Waals surface area contributed by atoms with E-state index in [1.54, 1.807) is 9.31 Å². The first-order valence-corrected chi connectivity index (χ1v) is 13.8. The van der Waals surface area contributed by atoms with Crippen molar-refractivity contribution in [2.75, 3.05) is 52.4 Å². The van der Waals surface area contributed by atoms with Crippen LogP contribution in [0, 0.1) is 5.92 Å². The monoisotopic (exact) mass is 506 g/mol. The summed E-state index contributed by atoms with van der Waals surface area (Å²) in [5.74, 6) is -0.959. The molecule has 1 amide bonds. The standard InChI is InChI=1S/C20H36F2N8O3S/c21-12-8-25-19-16(18(23)27-30(19)11-12)20(31)26-15-10-24-9-14(22)17(15)28-6-2-13(3-7-28)34(32,33)29-4-1-5-29/h12-19,24-25,27H,1-11,23H2,(H,26,31). The van der Waals surface area contributed by atoms with Crippen molar-refractivity contribution >= 4 is 15.9 Å². The van der Waals surface area contributed by atoms with Crippen LogP contribution >= 0.6 is 0 Å². The van der Waals surface area contributed by atoms with Crippen LogP contribution in [0.3, 0.4) is 0 Å². The number of likely N-dealkylation sites (tertiary alicyclic amines) is 1. The number of hydrogen-bond donors (Lipinski definition) is 5. The van der Waals surface area contributed by atoms with Gasteiger partial charge in [0.1, 0.15) is 12.3 Å². The van der Waals surface area contributed by atoms with Crippen LogP contribution in [0.15, 0.2) is 0 Å². The first-order chi connectivity index (χ1) is 16.3. The Labute approximate surface area is 199 Å². The van der Waals surface area contributed by atoms with Crippen LogP contribution in [0.25, 0.3) is 0 Å². The molecule has 6 N–H and O–H groups in total. The van der Waals surface area contributed by atoms with Crippen molar-refractivity contribution in [2.45, 2.75) is 61.3 Å². The maximum absolute atomic E-state index is 15.1. The van der Waals surface area contributed by atoms with E-state index in [1.807, 2.05) is 4.90 Å². The summed E-state index contributed by atoms with van der Waals surface area (Å²) in [5.41, 5.74) is 9.12. The number of piperidine rings is 2. The predicted molar refractivity (Wildman–Crippen MR) is 121 cm³/mol. The molecule has 0 radical (unpaired) electrons. The highest BCUT2D eigenvalue weighted by molar-refractivity contribution is 7.89. The zero-order valence-corrected chi connectivity index (χ0v) is 20.0. The minimum Gasteiger partial charge on any atom is -0.350 e. The van der Waals surface area contributed by atoms with E-state index < -0.39 is 57.9 Å². The minimum absolute atomic E-state index is 0.143. The molecule has 0 aliphatic carbocycles. The number of rotatable bonds is 5. The van der Waals surface area contributed by atoms with Gasteiger partial charge in [0.25, 0.3) is 0 Å². The lowest BCUT2D eigenvalue weighted by Crippen LogP contribution is -2.67. The number of halogens is 2. The minimum atomic E-state index is -3.29. The Bertz CT molecular complexity index is 857. The Morgan fingerprint density at radius 3 is 2.47 bits per heavy atom. The quantitative estimate of drug-likeness (QED) is 0.269. The molecule has 14 heteroatoms. The van der Waals surface area contributed by atoms with Gasteiger partial charge in [0.15, 0.2) is 0 Å². The van der Waals surface area contributed by atoms with Crippen molar-refractivity contribution in [3.05, 3.63) is 0 Å². The first kappa shape index (κ1) is 24.7. The molecule has 0 bridgehead atoms. The van der Waals surface area contributed by atoms with Crippen molar-refractivity contribution in [1.82, 2.24) is 35.6 Å². The summed E-state index contributed by atoms with van der Waals surface area (Å²) in [6.07, 6.45) is -1.54. The average Bonchev–Trinajstić information content (AvgIpc) is 3.07. The van der Waals surface area contributed by atoms with Crippen LogP contribution in [-0.2, 0) is 14.8 Å². The number of carbonyl (C=O) groups is 1. The van der Waals surface area contributed by atoms with Gasteiger partial charge in [-0.15, -0.1) is 0 Å². The number of amides is 1. The zero-order chi connectivity index (χ0) is 24.0. The molecule has 7 unspecified atom stereocenters. The summed E-state index contributed by atoms with van der Waals surface area (Å²) in [5, 5.41) is 10.3. The molecule has 5 heterocycles. The molecule has 5 rings (SSSR count). The molecule has 0 saturated carbocycles. The van der Waals surface area contributed by atoms with Gasteiger partial charge in [0.2, 0.25) is 15.9 Å². The van der Waals surface area contributed by atoms with Crippen molar-refractivity contribution in [3.63, 3.8) is 0 Å². The Hall–Kier alpha value is -1.00. The third kappa shape index (κ3) is 4.59. The Balaban J connectivity index is 1.23. The van der Waals surface area contributed by atoms with Crippen molar-refractivity contribution < 1.29 is 22.0 Å². The van der Waals surface area contributed by atoms with Crippen LogP contribution in [0.1, 0.15) is 19.3 Å². The molecular weight excluding hydrogens is 470 g/mol. The molecule has 0 aromatic heterocycles. The van der Waals surface area contributed by atoms with Crippen LogP contribution in [0.5, 0.6) is 0 Å². The molecule has 5 aliphatic heterocycles. The van der Waals surface area contributed by atoms with Gasteiger partial charge in [-0.2, -0.15) is 0 Å². The second-order valence-electron chi connectivity index (χ2n) is 10.1. The van der Waals surface area contributed by atoms with Crippen molar-refractivity contribution in [1.29, 1.82) is 0 Å². The highest BCUT2D eigenvalue weighted by Gasteiger charge is 2.49. The zero-order valence-electron chi connectivity index (χ0n) is 19.2.